The SMILES string of the molecule is c1ccc(-c2coc3c(-c4ccc5ccc6c(-c7cccc(N8c9ccccc9C9Oc%10ccccc%10C98)c7)ccc7ccc4c5c76)cccc23)cc1. The van der Waals surface area contributed by atoms with Gasteiger partial charge >= 0.3 is 0 Å². The van der Waals surface area contributed by atoms with E-state index in [2.05, 4.69) is 175 Å². The van der Waals surface area contributed by atoms with Crippen molar-refractivity contribution in [3.8, 4) is 39.1 Å². The molecule has 0 radical (unpaired) electrons. The second-order valence-electron chi connectivity index (χ2n) is 14.3. The Hall–Kier alpha value is -6.84. The molecule has 0 aliphatic carbocycles. The second-order valence-corrected chi connectivity index (χ2v) is 14.3. The molecule has 0 saturated carbocycles. The molecular formula is C50H31NO2. The van der Waals surface area contributed by atoms with E-state index in [4.69, 9.17) is 9.15 Å². The highest BCUT2D eigenvalue weighted by Gasteiger charge is 2.47. The summed E-state index contributed by atoms with van der Waals surface area (Å²) in [6.45, 7) is 0. The second kappa shape index (κ2) is 10.8. The highest BCUT2D eigenvalue weighted by Crippen LogP contribution is 2.58. The van der Waals surface area contributed by atoms with E-state index < -0.39 is 0 Å². The predicted octanol–water partition coefficient (Wildman–Crippen LogP) is 13.7. The van der Waals surface area contributed by atoms with Crippen molar-refractivity contribution in [1.29, 1.82) is 0 Å². The normalized spacial score (nSPS) is 16.0. The first kappa shape index (κ1) is 28.8. The van der Waals surface area contributed by atoms with Crippen LogP contribution in [0.5, 0.6) is 5.75 Å². The quantitative estimate of drug-likeness (QED) is 0.173. The van der Waals surface area contributed by atoms with Crippen LogP contribution in [0.3, 0.4) is 0 Å². The number of benzene rings is 9. The van der Waals surface area contributed by atoms with Gasteiger partial charge in [0, 0.05) is 39.0 Å². The lowest BCUT2D eigenvalue weighted by Gasteiger charge is -2.27. The Balaban J connectivity index is 1.02. The minimum Gasteiger partial charge on any atom is -0.483 e. The smallest absolute Gasteiger partial charge is 0.151 e. The van der Waals surface area contributed by atoms with Crippen LogP contribution in [-0.4, -0.2) is 0 Å². The predicted molar refractivity (Wildman–Crippen MR) is 217 cm³/mol. The Morgan fingerprint density at radius 1 is 0.453 bits per heavy atom. The fraction of sp³-hybridized carbons (Fsp3) is 0.0400. The van der Waals surface area contributed by atoms with E-state index in [1.807, 2.05) is 6.26 Å². The zero-order valence-electron chi connectivity index (χ0n) is 28.7. The Kier molecular flexibility index (Phi) is 5.89. The summed E-state index contributed by atoms with van der Waals surface area (Å²) in [6, 6.07) is 61.6. The number of nitrogens with zero attached hydrogens (tertiary/aromatic N) is 1. The number of para-hydroxylation sites is 3. The molecule has 10 aromatic rings. The lowest BCUT2D eigenvalue weighted by molar-refractivity contribution is 0.223. The van der Waals surface area contributed by atoms with E-state index in [-0.39, 0.29) is 12.1 Å². The van der Waals surface area contributed by atoms with E-state index in [1.54, 1.807) is 0 Å². The van der Waals surface area contributed by atoms with Crippen molar-refractivity contribution in [1.82, 2.24) is 0 Å². The van der Waals surface area contributed by atoms with Crippen molar-refractivity contribution < 1.29 is 9.15 Å². The van der Waals surface area contributed by atoms with Crippen molar-refractivity contribution in [3.63, 3.8) is 0 Å². The van der Waals surface area contributed by atoms with Gasteiger partial charge in [0.1, 0.15) is 17.4 Å². The van der Waals surface area contributed by atoms with Crippen molar-refractivity contribution in [2.24, 2.45) is 0 Å². The van der Waals surface area contributed by atoms with Gasteiger partial charge in [-0.3, -0.25) is 0 Å². The average Bonchev–Trinajstić information content (AvgIpc) is 3.92. The molecule has 3 heteroatoms. The van der Waals surface area contributed by atoms with Crippen molar-refractivity contribution in [2.45, 2.75) is 12.1 Å². The first-order valence-corrected chi connectivity index (χ1v) is 18.3. The van der Waals surface area contributed by atoms with Crippen LogP contribution in [-0.2, 0) is 0 Å². The molecule has 2 aliphatic heterocycles. The lowest BCUT2D eigenvalue weighted by Crippen LogP contribution is -2.20. The molecule has 53 heavy (non-hydrogen) atoms. The van der Waals surface area contributed by atoms with Gasteiger partial charge in [0.15, 0.2) is 6.10 Å². The molecule has 0 saturated heterocycles. The molecule has 0 amide bonds. The van der Waals surface area contributed by atoms with Crippen molar-refractivity contribution in [3.05, 3.63) is 187 Å². The standard InChI is InChI=1S/C50H31NO2/c1-2-10-30(11-3-1)43-29-52-49-39(16-9-17-40(43)49)36-25-21-32-22-26-37-35(24-20-31-23-27-38(36)47(32)46(31)37)33-12-8-13-34(28-33)51-44-18-6-4-14-41(44)50-48(51)42-15-5-7-19-45(42)53-50/h1-29,48,50H. The van der Waals surface area contributed by atoms with E-state index in [9.17, 15) is 0 Å². The third-order valence-electron chi connectivity index (χ3n) is 11.6. The molecule has 3 nitrogen and oxygen atoms in total. The Labute approximate surface area is 306 Å². The molecule has 2 unspecified atom stereocenters. The Morgan fingerprint density at radius 3 is 1.98 bits per heavy atom. The molecule has 0 bridgehead atoms. The van der Waals surface area contributed by atoms with Crippen LogP contribution in [0.1, 0.15) is 23.3 Å². The van der Waals surface area contributed by atoms with Gasteiger partial charge in [0.05, 0.1) is 6.26 Å². The maximum atomic E-state index is 6.59. The highest BCUT2D eigenvalue weighted by atomic mass is 16.5. The van der Waals surface area contributed by atoms with Gasteiger partial charge < -0.3 is 14.1 Å². The number of rotatable bonds is 4. The summed E-state index contributed by atoms with van der Waals surface area (Å²) < 4.78 is 13.0. The Morgan fingerprint density at radius 2 is 1.13 bits per heavy atom. The molecule has 12 rings (SSSR count). The molecule has 9 aromatic carbocycles. The van der Waals surface area contributed by atoms with Crippen LogP contribution in [0.2, 0.25) is 0 Å². The molecule has 248 valence electrons. The molecule has 0 spiro atoms. The minimum atomic E-state index is -0.0343. The van der Waals surface area contributed by atoms with Gasteiger partial charge in [-0.05, 0) is 78.8 Å². The fourth-order valence-corrected chi connectivity index (χ4v) is 9.32. The zero-order chi connectivity index (χ0) is 34.6. The monoisotopic (exact) mass is 677 g/mol. The van der Waals surface area contributed by atoms with Crippen LogP contribution in [0.25, 0.3) is 76.7 Å². The maximum Gasteiger partial charge on any atom is 0.151 e. The largest absolute Gasteiger partial charge is 0.483 e. The summed E-state index contributed by atoms with van der Waals surface area (Å²) in [5.41, 5.74) is 12.7. The molecular weight excluding hydrogens is 647 g/mol. The van der Waals surface area contributed by atoms with Crippen molar-refractivity contribution >= 4 is 54.7 Å². The zero-order valence-corrected chi connectivity index (χ0v) is 28.7. The van der Waals surface area contributed by atoms with Crippen molar-refractivity contribution in [2.75, 3.05) is 4.90 Å². The van der Waals surface area contributed by atoms with E-state index in [0.29, 0.717) is 0 Å². The van der Waals surface area contributed by atoms with Crippen LogP contribution in [0.15, 0.2) is 181 Å². The fourth-order valence-electron chi connectivity index (χ4n) is 9.32. The number of ether oxygens (including phenoxy) is 1. The van der Waals surface area contributed by atoms with E-state index >= 15 is 0 Å². The number of furan rings is 1. The first-order chi connectivity index (χ1) is 26.3. The van der Waals surface area contributed by atoms with Crippen LogP contribution in [0, 0.1) is 0 Å². The first-order valence-electron chi connectivity index (χ1n) is 18.3. The molecule has 3 heterocycles. The third kappa shape index (κ3) is 4.05. The summed E-state index contributed by atoms with van der Waals surface area (Å²) in [7, 11) is 0. The maximum absolute atomic E-state index is 6.59. The van der Waals surface area contributed by atoms with Gasteiger partial charge in [-0.2, -0.15) is 0 Å². The minimum absolute atomic E-state index is 0.0343. The van der Waals surface area contributed by atoms with Gasteiger partial charge in [-0.25, -0.2) is 0 Å². The third-order valence-corrected chi connectivity index (χ3v) is 11.6. The highest BCUT2D eigenvalue weighted by molar-refractivity contribution is 6.28. The van der Waals surface area contributed by atoms with Gasteiger partial charge in [0.2, 0.25) is 0 Å². The summed E-state index contributed by atoms with van der Waals surface area (Å²) >= 11 is 0. The van der Waals surface area contributed by atoms with Gasteiger partial charge in [-0.1, -0.05) is 146 Å². The summed E-state index contributed by atoms with van der Waals surface area (Å²) in [5, 5.41) is 8.69. The van der Waals surface area contributed by atoms with E-state index in [1.165, 1.54) is 65.8 Å². The van der Waals surface area contributed by atoms with Gasteiger partial charge in [-0.15, -0.1) is 0 Å². The number of hydrogen-bond donors (Lipinski definition) is 0. The summed E-state index contributed by atoms with van der Waals surface area (Å²) in [4.78, 5) is 2.48. The summed E-state index contributed by atoms with van der Waals surface area (Å²) in [5.74, 6) is 0.976. The average molecular weight is 678 g/mol. The topological polar surface area (TPSA) is 25.6 Å². The lowest BCUT2D eigenvalue weighted by atomic mass is 9.87. The molecule has 0 fully saturated rings. The van der Waals surface area contributed by atoms with Crippen LogP contribution in [0.4, 0.5) is 11.4 Å². The molecule has 2 atom stereocenters. The number of hydrogen-bond acceptors (Lipinski definition) is 3. The Bertz CT molecular complexity index is 3070. The molecule has 0 N–H and O–H groups in total. The number of fused-ring (bicyclic) bond motifs is 6. The number of anilines is 2. The van der Waals surface area contributed by atoms with Gasteiger partial charge in [0.25, 0.3) is 0 Å². The molecule has 2 aliphatic rings. The van der Waals surface area contributed by atoms with E-state index in [0.717, 1.165) is 39.1 Å². The van der Waals surface area contributed by atoms with Crippen LogP contribution >= 0.6 is 0 Å². The molecule has 1 aromatic heterocycles. The summed E-state index contributed by atoms with van der Waals surface area (Å²) in [6.07, 6.45) is 1.87. The van der Waals surface area contributed by atoms with Crippen LogP contribution < -0.4 is 9.64 Å².